The molecule has 1 saturated heterocycles. The number of imidazole rings is 1. The molecule has 0 radical (unpaired) electrons. The number of amides is 1. The first-order valence-corrected chi connectivity index (χ1v) is 11.4. The van der Waals surface area contributed by atoms with Gasteiger partial charge in [0.1, 0.15) is 5.82 Å². The Morgan fingerprint density at radius 1 is 0.935 bits per heavy atom. The SMILES string of the molecule is O=C(c1ccc(-n2ccnc2)cc1)N1CCN(c2ncc(C3CC3)cc2C2CC2)CC1. The Bertz CT molecular complexity index is 1080. The largest absolute Gasteiger partial charge is 0.353 e. The van der Waals surface area contributed by atoms with Crippen molar-refractivity contribution >= 4 is 11.7 Å². The van der Waals surface area contributed by atoms with Crippen LogP contribution in [0.5, 0.6) is 0 Å². The van der Waals surface area contributed by atoms with E-state index in [0.29, 0.717) is 5.92 Å². The maximum absolute atomic E-state index is 13.0. The Morgan fingerprint density at radius 3 is 2.32 bits per heavy atom. The molecule has 6 heteroatoms. The van der Waals surface area contributed by atoms with Crippen molar-refractivity contribution in [3.8, 4) is 5.69 Å². The summed E-state index contributed by atoms with van der Waals surface area (Å²) in [7, 11) is 0. The minimum Gasteiger partial charge on any atom is -0.353 e. The average molecular weight is 414 g/mol. The molecule has 3 aromatic rings. The molecule has 3 aliphatic rings. The number of anilines is 1. The molecule has 0 atom stereocenters. The van der Waals surface area contributed by atoms with Gasteiger partial charge in [-0.05, 0) is 72.9 Å². The van der Waals surface area contributed by atoms with Gasteiger partial charge in [0.05, 0.1) is 6.33 Å². The van der Waals surface area contributed by atoms with Gasteiger partial charge in [-0.15, -0.1) is 0 Å². The Morgan fingerprint density at radius 2 is 1.68 bits per heavy atom. The fourth-order valence-corrected chi connectivity index (χ4v) is 4.58. The number of rotatable bonds is 5. The summed E-state index contributed by atoms with van der Waals surface area (Å²) in [4.78, 5) is 26.4. The zero-order valence-electron chi connectivity index (χ0n) is 17.7. The third-order valence-corrected chi connectivity index (χ3v) is 6.77. The van der Waals surface area contributed by atoms with Crippen molar-refractivity contribution in [2.75, 3.05) is 31.1 Å². The van der Waals surface area contributed by atoms with Crippen LogP contribution in [0.2, 0.25) is 0 Å². The molecule has 1 aromatic carbocycles. The fraction of sp³-hybridized carbons (Fsp3) is 0.400. The molecule has 2 aromatic heterocycles. The van der Waals surface area contributed by atoms with Gasteiger partial charge in [-0.1, -0.05) is 6.07 Å². The van der Waals surface area contributed by atoms with Gasteiger partial charge >= 0.3 is 0 Å². The van der Waals surface area contributed by atoms with Gasteiger partial charge in [0, 0.05) is 56.0 Å². The number of aromatic nitrogens is 3. The predicted molar refractivity (Wildman–Crippen MR) is 120 cm³/mol. The molecule has 0 spiro atoms. The second kappa shape index (κ2) is 7.52. The first-order chi connectivity index (χ1) is 15.3. The summed E-state index contributed by atoms with van der Waals surface area (Å²) in [5.41, 5.74) is 4.62. The topological polar surface area (TPSA) is 54.3 Å². The van der Waals surface area contributed by atoms with E-state index >= 15 is 0 Å². The van der Waals surface area contributed by atoms with Gasteiger partial charge < -0.3 is 14.4 Å². The molecule has 3 fully saturated rings. The Hall–Kier alpha value is -3.15. The van der Waals surface area contributed by atoms with E-state index in [0.717, 1.165) is 49.2 Å². The molecule has 1 aliphatic heterocycles. The number of piperazine rings is 1. The number of hydrogen-bond donors (Lipinski definition) is 0. The Labute approximate surface area is 182 Å². The molecule has 0 N–H and O–H groups in total. The number of hydrogen-bond acceptors (Lipinski definition) is 4. The number of nitrogens with zero attached hydrogens (tertiary/aromatic N) is 5. The van der Waals surface area contributed by atoms with Crippen molar-refractivity contribution in [2.24, 2.45) is 0 Å². The average Bonchev–Trinajstić information content (AvgIpc) is 3.77. The normalized spacial score (nSPS) is 19.0. The van der Waals surface area contributed by atoms with Crippen LogP contribution in [0.3, 0.4) is 0 Å². The maximum atomic E-state index is 13.0. The van der Waals surface area contributed by atoms with Gasteiger partial charge in [0.25, 0.3) is 5.91 Å². The van der Waals surface area contributed by atoms with Gasteiger partial charge in [-0.3, -0.25) is 4.79 Å². The zero-order chi connectivity index (χ0) is 20.8. The number of benzene rings is 1. The molecule has 31 heavy (non-hydrogen) atoms. The van der Waals surface area contributed by atoms with Crippen LogP contribution < -0.4 is 4.90 Å². The van der Waals surface area contributed by atoms with Crippen molar-refractivity contribution < 1.29 is 4.79 Å². The smallest absolute Gasteiger partial charge is 0.253 e. The summed E-state index contributed by atoms with van der Waals surface area (Å²) < 4.78 is 1.94. The van der Waals surface area contributed by atoms with Crippen LogP contribution in [0.1, 0.15) is 59.0 Å². The molecule has 6 rings (SSSR count). The number of carbonyl (C=O) groups excluding carboxylic acids is 1. The lowest BCUT2D eigenvalue weighted by atomic mass is 10.1. The third kappa shape index (κ3) is 3.71. The van der Waals surface area contributed by atoms with Gasteiger partial charge in [-0.2, -0.15) is 0 Å². The van der Waals surface area contributed by atoms with E-state index in [1.807, 2.05) is 39.9 Å². The monoisotopic (exact) mass is 413 g/mol. The van der Waals surface area contributed by atoms with Gasteiger partial charge in [-0.25, -0.2) is 9.97 Å². The molecular formula is C25H27N5O. The second-order valence-electron chi connectivity index (χ2n) is 9.03. The van der Waals surface area contributed by atoms with Crippen LogP contribution >= 0.6 is 0 Å². The van der Waals surface area contributed by atoms with E-state index in [1.165, 1.54) is 36.8 Å². The first kappa shape index (κ1) is 18.6. The zero-order valence-corrected chi connectivity index (χ0v) is 17.7. The van der Waals surface area contributed by atoms with Crippen LogP contribution in [0.4, 0.5) is 5.82 Å². The van der Waals surface area contributed by atoms with Crippen LogP contribution in [0, 0.1) is 0 Å². The highest BCUT2D eigenvalue weighted by molar-refractivity contribution is 5.94. The second-order valence-corrected chi connectivity index (χ2v) is 9.03. The van der Waals surface area contributed by atoms with E-state index < -0.39 is 0 Å². The molecule has 6 nitrogen and oxygen atoms in total. The highest BCUT2D eigenvalue weighted by Gasteiger charge is 2.33. The van der Waals surface area contributed by atoms with E-state index in [-0.39, 0.29) is 5.91 Å². The Kier molecular flexibility index (Phi) is 4.51. The highest BCUT2D eigenvalue weighted by Crippen LogP contribution is 2.47. The Balaban J connectivity index is 1.13. The van der Waals surface area contributed by atoms with Gasteiger partial charge in [0.15, 0.2) is 0 Å². The molecule has 2 aliphatic carbocycles. The van der Waals surface area contributed by atoms with Crippen LogP contribution in [0.15, 0.2) is 55.2 Å². The lowest BCUT2D eigenvalue weighted by molar-refractivity contribution is 0.0746. The van der Waals surface area contributed by atoms with Crippen LogP contribution in [0.25, 0.3) is 5.69 Å². The molecule has 2 saturated carbocycles. The number of carbonyl (C=O) groups is 1. The van der Waals surface area contributed by atoms with Crippen molar-refractivity contribution in [1.29, 1.82) is 0 Å². The van der Waals surface area contributed by atoms with Crippen molar-refractivity contribution in [3.05, 3.63) is 71.9 Å². The quantitative estimate of drug-likeness (QED) is 0.635. The first-order valence-electron chi connectivity index (χ1n) is 11.4. The van der Waals surface area contributed by atoms with Crippen molar-refractivity contribution in [2.45, 2.75) is 37.5 Å². The summed E-state index contributed by atoms with van der Waals surface area (Å²) >= 11 is 0. The summed E-state index contributed by atoms with van der Waals surface area (Å²) in [6.45, 7) is 3.15. The van der Waals surface area contributed by atoms with E-state index in [2.05, 4.69) is 22.1 Å². The minimum atomic E-state index is 0.108. The van der Waals surface area contributed by atoms with E-state index in [4.69, 9.17) is 4.98 Å². The summed E-state index contributed by atoms with van der Waals surface area (Å²) in [5.74, 6) is 2.70. The lowest BCUT2D eigenvalue weighted by Crippen LogP contribution is -2.49. The van der Waals surface area contributed by atoms with Gasteiger partial charge in [0.2, 0.25) is 0 Å². The highest BCUT2D eigenvalue weighted by atomic mass is 16.2. The standard InChI is InChI=1S/C25H27N5O/c31-25(20-5-7-22(8-6-20)30-10-9-26-17-30)29-13-11-28(12-14-29)24-23(19-3-4-19)15-21(16-27-24)18-1-2-18/h5-10,15-19H,1-4,11-14H2. The molecule has 0 unspecified atom stereocenters. The molecule has 158 valence electrons. The molecule has 1 amide bonds. The summed E-state index contributed by atoms with van der Waals surface area (Å²) in [6.07, 6.45) is 12.7. The summed E-state index contributed by atoms with van der Waals surface area (Å²) in [5, 5.41) is 0. The van der Waals surface area contributed by atoms with Crippen LogP contribution in [-0.4, -0.2) is 51.5 Å². The molecule has 0 bridgehead atoms. The van der Waals surface area contributed by atoms with E-state index in [9.17, 15) is 4.79 Å². The fourth-order valence-electron chi connectivity index (χ4n) is 4.58. The third-order valence-electron chi connectivity index (χ3n) is 6.77. The minimum absolute atomic E-state index is 0.108. The summed E-state index contributed by atoms with van der Waals surface area (Å²) in [6, 6.07) is 10.2. The molecular weight excluding hydrogens is 386 g/mol. The van der Waals surface area contributed by atoms with Crippen molar-refractivity contribution in [3.63, 3.8) is 0 Å². The molecule has 3 heterocycles. The number of pyridine rings is 1. The van der Waals surface area contributed by atoms with Crippen LogP contribution in [-0.2, 0) is 0 Å². The maximum Gasteiger partial charge on any atom is 0.253 e. The predicted octanol–water partition coefficient (Wildman–Crippen LogP) is 3.98. The van der Waals surface area contributed by atoms with Crippen molar-refractivity contribution in [1.82, 2.24) is 19.4 Å². The lowest BCUT2D eigenvalue weighted by Gasteiger charge is -2.36. The van der Waals surface area contributed by atoms with E-state index in [1.54, 1.807) is 12.5 Å².